The first kappa shape index (κ1) is 37.7. The van der Waals surface area contributed by atoms with Gasteiger partial charge in [-0.1, -0.05) is 201 Å². The van der Waals surface area contributed by atoms with E-state index in [4.69, 9.17) is 0 Å². The van der Waals surface area contributed by atoms with Crippen LogP contribution in [0.15, 0.2) is 12.2 Å². The van der Waals surface area contributed by atoms with Crippen molar-refractivity contribution >= 4 is 0 Å². The molecule has 0 aliphatic carbocycles. The smallest absolute Gasteiger partial charge is 0.0351 e. The molecular weight excluding hydrogens is 456 g/mol. The van der Waals surface area contributed by atoms with Gasteiger partial charge in [0, 0.05) is 0 Å². The van der Waals surface area contributed by atoms with Crippen molar-refractivity contribution in [2.75, 3.05) is 0 Å². The zero-order chi connectivity index (χ0) is 28.1. The second-order valence-corrected chi connectivity index (χ2v) is 13.4. The molecule has 0 bridgehead atoms. The summed E-state index contributed by atoms with van der Waals surface area (Å²) < 4.78 is 0. The maximum Gasteiger partial charge on any atom is -0.0351 e. The van der Waals surface area contributed by atoms with Crippen molar-refractivity contribution in [1.29, 1.82) is 0 Å². The Labute approximate surface area is 244 Å². The lowest BCUT2D eigenvalue weighted by Gasteiger charge is -2.30. The van der Waals surface area contributed by atoms with Crippen LogP contribution in [0.3, 0.4) is 0 Å². The Morgan fingerprint density at radius 1 is 0.368 bits per heavy atom. The highest BCUT2D eigenvalue weighted by atomic mass is 14.3. The Bertz CT molecular complexity index is 463. The van der Waals surface area contributed by atoms with Gasteiger partial charge in [-0.2, -0.15) is 0 Å². The molecule has 0 aromatic carbocycles. The topological polar surface area (TPSA) is 0 Å². The zero-order valence-corrected chi connectivity index (χ0v) is 27.8. The third-order valence-electron chi connectivity index (χ3n) is 9.39. The Hall–Kier alpha value is -0.260. The van der Waals surface area contributed by atoms with Gasteiger partial charge < -0.3 is 0 Å². The van der Waals surface area contributed by atoms with Gasteiger partial charge in [0.1, 0.15) is 0 Å². The largest absolute Gasteiger partial charge is 0.0885 e. The van der Waals surface area contributed by atoms with Crippen LogP contribution in [0.5, 0.6) is 0 Å². The fourth-order valence-electron chi connectivity index (χ4n) is 6.62. The molecule has 0 aromatic rings. The molecule has 4 unspecified atom stereocenters. The minimum absolute atomic E-state index is 0.920. The average molecular weight is 533 g/mol. The Morgan fingerprint density at radius 3 is 1.29 bits per heavy atom. The lowest BCUT2D eigenvalue weighted by atomic mass is 9.76. The summed E-state index contributed by atoms with van der Waals surface area (Å²) in [6, 6.07) is 0. The van der Waals surface area contributed by atoms with Crippen LogP contribution >= 0.6 is 0 Å². The van der Waals surface area contributed by atoms with E-state index >= 15 is 0 Å². The fourth-order valence-corrected chi connectivity index (χ4v) is 6.62. The highest BCUT2D eigenvalue weighted by Gasteiger charge is 2.22. The first-order valence-corrected chi connectivity index (χ1v) is 18.2. The van der Waals surface area contributed by atoms with E-state index in [1.165, 1.54) is 167 Å². The summed E-state index contributed by atoms with van der Waals surface area (Å²) in [6.07, 6.45) is 42.0. The van der Waals surface area contributed by atoms with Gasteiger partial charge in [0.05, 0.1) is 0 Å². The predicted octanol–water partition coefficient (Wildman–Crippen LogP) is 14.3. The van der Waals surface area contributed by atoms with Crippen LogP contribution in [0.4, 0.5) is 0 Å². The van der Waals surface area contributed by atoms with Crippen molar-refractivity contribution in [1.82, 2.24) is 0 Å². The third-order valence-corrected chi connectivity index (χ3v) is 9.39. The minimum atomic E-state index is 0.920. The van der Waals surface area contributed by atoms with Gasteiger partial charge >= 0.3 is 0 Å². The van der Waals surface area contributed by atoms with E-state index < -0.39 is 0 Å². The molecule has 0 radical (unpaired) electrons. The van der Waals surface area contributed by atoms with E-state index in [0.29, 0.717) is 0 Å². The molecule has 38 heavy (non-hydrogen) atoms. The van der Waals surface area contributed by atoms with Crippen LogP contribution in [-0.2, 0) is 0 Å². The van der Waals surface area contributed by atoms with Crippen molar-refractivity contribution in [3.8, 4) is 0 Å². The summed E-state index contributed by atoms with van der Waals surface area (Å²) >= 11 is 0. The summed E-state index contributed by atoms with van der Waals surface area (Å²) in [5.41, 5.74) is 0. The molecule has 0 fully saturated rings. The SMILES string of the molecule is CCCC=CCCCCCCCCCCCCCCCC(C)C(CCC)C(C)CCCCC(C)CCCC. The second kappa shape index (κ2) is 29.7. The summed E-state index contributed by atoms with van der Waals surface area (Å²) in [5.74, 6) is 3.74. The van der Waals surface area contributed by atoms with E-state index in [2.05, 4.69) is 53.7 Å². The lowest BCUT2D eigenvalue weighted by Crippen LogP contribution is -2.20. The van der Waals surface area contributed by atoms with E-state index in [1.807, 2.05) is 0 Å². The van der Waals surface area contributed by atoms with Crippen molar-refractivity contribution in [3.63, 3.8) is 0 Å². The first-order chi connectivity index (χ1) is 18.6. The molecule has 228 valence electrons. The van der Waals surface area contributed by atoms with Gasteiger partial charge in [-0.15, -0.1) is 0 Å². The number of unbranched alkanes of at least 4 members (excludes halogenated alkanes) is 16. The summed E-state index contributed by atoms with van der Waals surface area (Å²) in [4.78, 5) is 0. The van der Waals surface area contributed by atoms with Crippen molar-refractivity contribution < 1.29 is 0 Å². The number of rotatable bonds is 30. The molecule has 0 aliphatic heterocycles. The van der Waals surface area contributed by atoms with Gasteiger partial charge in [-0.3, -0.25) is 0 Å². The number of allylic oxidation sites excluding steroid dienone is 2. The predicted molar refractivity (Wildman–Crippen MR) is 177 cm³/mol. The molecule has 4 atom stereocenters. The molecule has 0 aromatic heterocycles. The van der Waals surface area contributed by atoms with Gasteiger partial charge in [-0.05, 0) is 42.9 Å². The molecule has 0 saturated heterocycles. The monoisotopic (exact) mass is 533 g/mol. The van der Waals surface area contributed by atoms with E-state index in [9.17, 15) is 0 Å². The van der Waals surface area contributed by atoms with Crippen LogP contribution in [0, 0.1) is 23.7 Å². The van der Waals surface area contributed by atoms with Crippen LogP contribution in [0.1, 0.15) is 208 Å². The van der Waals surface area contributed by atoms with Crippen molar-refractivity contribution in [2.45, 2.75) is 208 Å². The molecule has 0 spiro atoms. The van der Waals surface area contributed by atoms with Crippen molar-refractivity contribution in [2.24, 2.45) is 23.7 Å². The standard InChI is InChI=1S/C38H76/c1-7-10-12-13-14-15-16-17-18-19-20-21-22-23-24-25-26-27-33-36(5)38(30-9-3)37(6)34-29-28-32-35(4)31-11-8-2/h12-13,35-38H,7-11,14-34H2,1-6H3. The summed E-state index contributed by atoms with van der Waals surface area (Å²) in [6.45, 7) is 14.6. The number of hydrogen-bond acceptors (Lipinski definition) is 0. The van der Waals surface area contributed by atoms with Gasteiger partial charge in [0.25, 0.3) is 0 Å². The maximum absolute atomic E-state index is 2.58. The van der Waals surface area contributed by atoms with Crippen LogP contribution in [0.25, 0.3) is 0 Å². The highest BCUT2D eigenvalue weighted by Crippen LogP contribution is 2.33. The van der Waals surface area contributed by atoms with Gasteiger partial charge in [0.15, 0.2) is 0 Å². The van der Waals surface area contributed by atoms with E-state index in [-0.39, 0.29) is 0 Å². The van der Waals surface area contributed by atoms with Crippen LogP contribution in [0.2, 0.25) is 0 Å². The fraction of sp³-hybridized carbons (Fsp3) is 0.947. The zero-order valence-electron chi connectivity index (χ0n) is 27.8. The maximum atomic E-state index is 2.58. The van der Waals surface area contributed by atoms with E-state index in [0.717, 1.165) is 23.7 Å². The molecule has 0 heteroatoms. The molecule has 0 N–H and O–H groups in total. The number of hydrogen-bond donors (Lipinski definition) is 0. The Morgan fingerprint density at radius 2 is 0.789 bits per heavy atom. The molecule has 0 aliphatic rings. The molecule has 0 saturated carbocycles. The minimum Gasteiger partial charge on any atom is -0.0885 e. The quantitative estimate of drug-likeness (QED) is 0.0637. The van der Waals surface area contributed by atoms with E-state index in [1.54, 1.807) is 0 Å². The lowest BCUT2D eigenvalue weighted by molar-refractivity contribution is 0.207. The summed E-state index contributed by atoms with van der Waals surface area (Å²) in [5, 5.41) is 0. The summed E-state index contributed by atoms with van der Waals surface area (Å²) in [7, 11) is 0. The first-order valence-electron chi connectivity index (χ1n) is 18.2. The average Bonchev–Trinajstić information content (AvgIpc) is 2.91. The second-order valence-electron chi connectivity index (χ2n) is 13.4. The molecule has 0 heterocycles. The molecular formula is C38H76. The molecule has 0 rings (SSSR count). The van der Waals surface area contributed by atoms with Gasteiger partial charge in [-0.25, -0.2) is 0 Å². The van der Waals surface area contributed by atoms with Gasteiger partial charge in [0.2, 0.25) is 0 Å². The normalized spacial score (nSPS) is 15.2. The third kappa shape index (κ3) is 24.8. The highest BCUT2D eigenvalue weighted by molar-refractivity contribution is 4.80. The van der Waals surface area contributed by atoms with Crippen LogP contribution in [-0.4, -0.2) is 0 Å². The van der Waals surface area contributed by atoms with Crippen molar-refractivity contribution in [3.05, 3.63) is 12.2 Å². The Kier molecular flexibility index (Phi) is 29.5. The Balaban J connectivity index is 3.67. The molecule has 0 nitrogen and oxygen atoms in total. The van der Waals surface area contributed by atoms with Crippen LogP contribution < -0.4 is 0 Å². The molecule has 0 amide bonds.